The first kappa shape index (κ1) is 12.8. The number of carbonyl (C=O) groups excluding carboxylic acids is 1. The number of fused-ring (bicyclic) bond motifs is 1. The molecule has 0 bridgehead atoms. The molecule has 0 fully saturated rings. The van der Waals surface area contributed by atoms with Crippen LogP contribution in [0, 0.1) is 0 Å². The summed E-state index contributed by atoms with van der Waals surface area (Å²) >= 11 is 4.99. The summed E-state index contributed by atoms with van der Waals surface area (Å²) in [7, 11) is 0. The molecule has 2 aromatic rings. The number of rotatable bonds is 2. The van der Waals surface area contributed by atoms with Crippen molar-refractivity contribution in [1.29, 1.82) is 0 Å². The third-order valence-electron chi connectivity index (χ3n) is 3.63. The van der Waals surface area contributed by atoms with Crippen LogP contribution in [0.1, 0.15) is 27.9 Å². The number of nitrogens with two attached hydrogens (primary N) is 1. The summed E-state index contributed by atoms with van der Waals surface area (Å²) in [5, 5.41) is 9.85. The fraction of sp³-hybridized carbons (Fsp3) is 0.125. The van der Waals surface area contributed by atoms with Gasteiger partial charge in [0.25, 0.3) is 0 Å². The molecule has 0 heterocycles. The van der Waals surface area contributed by atoms with Crippen LogP contribution < -0.4 is 5.73 Å². The Labute approximate surface area is 122 Å². The average Bonchev–Trinajstić information content (AvgIpc) is 2.82. The molecule has 0 amide bonds. The Kier molecular flexibility index (Phi) is 3.03. The summed E-state index contributed by atoms with van der Waals surface area (Å²) in [4.78, 5) is 12.2. The largest absolute Gasteiger partial charge is 0.507 e. The molecular formula is C16H13NO2S. The Bertz CT molecular complexity index is 737. The number of hydrogen-bond donors (Lipinski definition) is 2. The van der Waals surface area contributed by atoms with Crippen molar-refractivity contribution in [2.24, 2.45) is 5.73 Å². The molecule has 20 heavy (non-hydrogen) atoms. The maximum Gasteiger partial charge on any atom is 0.167 e. The van der Waals surface area contributed by atoms with Crippen molar-refractivity contribution in [3.63, 3.8) is 0 Å². The molecule has 100 valence electrons. The molecule has 0 aromatic heterocycles. The number of ketones is 1. The second-order valence-corrected chi connectivity index (χ2v) is 5.29. The van der Waals surface area contributed by atoms with Crippen molar-refractivity contribution in [2.75, 3.05) is 0 Å². The van der Waals surface area contributed by atoms with Crippen LogP contribution in [0.5, 0.6) is 5.75 Å². The molecule has 0 unspecified atom stereocenters. The molecule has 1 aliphatic carbocycles. The van der Waals surface area contributed by atoms with Gasteiger partial charge >= 0.3 is 0 Å². The SMILES string of the molecule is NC(=S)c1cccc(-c2ccc(O)c3c2CCC3=O)c1. The zero-order valence-corrected chi connectivity index (χ0v) is 11.5. The molecule has 0 radical (unpaired) electrons. The van der Waals surface area contributed by atoms with E-state index in [4.69, 9.17) is 18.0 Å². The normalized spacial score (nSPS) is 13.3. The van der Waals surface area contributed by atoms with Gasteiger partial charge in [0.05, 0.1) is 5.56 Å². The molecule has 2 aromatic carbocycles. The van der Waals surface area contributed by atoms with E-state index in [0.717, 1.165) is 22.3 Å². The predicted molar refractivity (Wildman–Crippen MR) is 82.1 cm³/mol. The topological polar surface area (TPSA) is 63.3 Å². The molecule has 3 N–H and O–H groups in total. The molecule has 0 atom stereocenters. The number of phenols is 1. The minimum absolute atomic E-state index is 0.00449. The first-order valence-corrected chi connectivity index (χ1v) is 6.77. The lowest BCUT2D eigenvalue weighted by Crippen LogP contribution is -2.09. The maximum atomic E-state index is 11.8. The Hall–Kier alpha value is -2.20. The van der Waals surface area contributed by atoms with E-state index in [9.17, 15) is 9.90 Å². The maximum absolute atomic E-state index is 11.8. The second kappa shape index (κ2) is 4.72. The summed E-state index contributed by atoms with van der Waals surface area (Å²) in [5.74, 6) is 0.0709. The van der Waals surface area contributed by atoms with Crippen LogP contribution in [0.15, 0.2) is 36.4 Å². The van der Waals surface area contributed by atoms with Gasteiger partial charge in [0, 0.05) is 12.0 Å². The highest BCUT2D eigenvalue weighted by Crippen LogP contribution is 2.37. The Morgan fingerprint density at radius 2 is 2.00 bits per heavy atom. The lowest BCUT2D eigenvalue weighted by Gasteiger charge is -2.10. The van der Waals surface area contributed by atoms with E-state index in [1.165, 1.54) is 0 Å². The first-order chi connectivity index (χ1) is 9.58. The first-order valence-electron chi connectivity index (χ1n) is 6.36. The number of Topliss-reactive ketones (excluding diaryl/α,β-unsaturated/α-hetero) is 1. The van der Waals surface area contributed by atoms with Gasteiger partial charge in [-0.25, -0.2) is 0 Å². The number of thiocarbonyl (C=S) groups is 1. The van der Waals surface area contributed by atoms with Crippen LogP contribution in [0.3, 0.4) is 0 Å². The van der Waals surface area contributed by atoms with Crippen molar-refractivity contribution in [1.82, 2.24) is 0 Å². The molecule has 0 saturated heterocycles. The van der Waals surface area contributed by atoms with Gasteiger partial charge in [-0.05, 0) is 35.2 Å². The summed E-state index contributed by atoms with van der Waals surface area (Å²) in [6.45, 7) is 0. The van der Waals surface area contributed by atoms with E-state index in [2.05, 4.69) is 0 Å². The molecule has 4 heteroatoms. The van der Waals surface area contributed by atoms with Crippen molar-refractivity contribution in [2.45, 2.75) is 12.8 Å². The van der Waals surface area contributed by atoms with Crippen molar-refractivity contribution in [3.8, 4) is 16.9 Å². The highest BCUT2D eigenvalue weighted by Gasteiger charge is 2.26. The van der Waals surface area contributed by atoms with Crippen molar-refractivity contribution >= 4 is 23.0 Å². The van der Waals surface area contributed by atoms with Crippen LogP contribution >= 0.6 is 12.2 Å². The number of aromatic hydroxyl groups is 1. The fourth-order valence-corrected chi connectivity index (χ4v) is 2.81. The Morgan fingerprint density at radius 3 is 2.75 bits per heavy atom. The van der Waals surface area contributed by atoms with Gasteiger partial charge in [0.1, 0.15) is 10.7 Å². The van der Waals surface area contributed by atoms with Gasteiger partial charge in [-0.15, -0.1) is 0 Å². The summed E-state index contributed by atoms with van der Waals surface area (Å²) < 4.78 is 0. The molecule has 3 nitrogen and oxygen atoms in total. The number of benzene rings is 2. The lowest BCUT2D eigenvalue weighted by molar-refractivity contribution is 0.0992. The minimum Gasteiger partial charge on any atom is -0.507 e. The van der Waals surface area contributed by atoms with Crippen LogP contribution in [0.25, 0.3) is 11.1 Å². The Balaban J connectivity index is 2.19. The number of carbonyl (C=O) groups is 1. The number of hydrogen-bond acceptors (Lipinski definition) is 3. The highest BCUT2D eigenvalue weighted by molar-refractivity contribution is 7.80. The molecule has 0 saturated carbocycles. The molecule has 0 aliphatic heterocycles. The van der Waals surface area contributed by atoms with Crippen LogP contribution in [-0.4, -0.2) is 15.9 Å². The third kappa shape index (κ3) is 1.98. The predicted octanol–water partition coefficient (Wildman–Crippen LogP) is 2.82. The quantitative estimate of drug-likeness (QED) is 0.832. The van der Waals surface area contributed by atoms with E-state index >= 15 is 0 Å². The van der Waals surface area contributed by atoms with E-state index < -0.39 is 0 Å². The van der Waals surface area contributed by atoms with Crippen molar-refractivity contribution in [3.05, 3.63) is 53.1 Å². The smallest absolute Gasteiger partial charge is 0.167 e. The molecule has 0 spiro atoms. The van der Waals surface area contributed by atoms with Crippen LogP contribution in [0.4, 0.5) is 0 Å². The van der Waals surface area contributed by atoms with Gasteiger partial charge in [-0.3, -0.25) is 4.79 Å². The van der Waals surface area contributed by atoms with Gasteiger partial charge in [-0.2, -0.15) is 0 Å². The monoisotopic (exact) mass is 283 g/mol. The van der Waals surface area contributed by atoms with E-state index in [-0.39, 0.29) is 11.5 Å². The molecular weight excluding hydrogens is 270 g/mol. The van der Waals surface area contributed by atoms with Crippen LogP contribution in [0.2, 0.25) is 0 Å². The summed E-state index contributed by atoms with van der Waals surface area (Å²) in [5.41, 5.74) is 9.74. The van der Waals surface area contributed by atoms with Gasteiger partial charge < -0.3 is 10.8 Å². The zero-order valence-electron chi connectivity index (χ0n) is 10.7. The zero-order chi connectivity index (χ0) is 14.3. The highest BCUT2D eigenvalue weighted by atomic mass is 32.1. The van der Waals surface area contributed by atoms with Gasteiger partial charge in [0.2, 0.25) is 0 Å². The van der Waals surface area contributed by atoms with E-state index in [1.54, 1.807) is 6.07 Å². The van der Waals surface area contributed by atoms with Crippen LogP contribution in [-0.2, 0) is 6.42 Å². The fourth-order valence-electron chi connectivity index (χ4n) is 2.68. The minimum atomic E-state index is 0.00449. The molecule has 3 rings (SSSR count). The van der Waals surface area contributed by atoms with Crippen molar-refractivity contribution < 1.29 is 9.90 Å². The number of phenolic OH excluding ortho intramolecular Hbond substituents is 1. The third-order valence-corrected chi connectivity index (χ3v) is 3.87. The van der Waals surface area contributed by atoms with E-state index in [0.29, 0.717) is 23.4 Å². The standard InChI is InChI=1S/C16H13NO2S/c17-16(20)10-3-1-2-9(8-10)11-4-6-13(18)15-12(11)5-7-14(15)19/h1-4,6,8,18H,5,7H2,(H2,17,20). The second-order valence-electron chi connectivity index (χ2n) is 4.85. The Morgan fingerprint density at radius 1 is 1.20 bits per heavy atom. The molecule has 1 aliphatic rings. The summed E-state index contributed by atoms with van der Waals surface area (Å²) in [6, 6.07) is 11.0. The van der Waals surface area contributed by atoms with Gasteiger partial charge in [0.15, 0.2) is 5.78 Å². The lowest BCUT2D eigenvalue weighted by atomic mass is 9.95. The average molecular weight is 283 g/mol. The van der Waals surface area contributed by atoms with Gasteiger partial charge in [-0.1, -0.05) is 36.5 Å². The van der Waals surface area contributed by atoms with E-state index in [1.807, 2.05) is 30.3 Å². The summed E-state index contributed by atoms with van der Waals surface area (Å²) in [6.07, 6.45) is 1.12.